The summed E-state index contributed by atoms with van der Waals surface area (Å²) < 4.78 is 30.5. The number of rotatable bonds is 7. The van der Waals surface area contributed by atoms with Crippen LogP contribution in [0.4, 0.5) is 5.82 Å². The smallest absolute Gasteiger partial charge is 0.281 e. The zero-order chi connectivity index (χ0) is 25.2. The summed E-state index contributed by atoms with van der Waals surface area (Å²) in [6.45, 7) is 8.88. The molecule has 2 aliphatic rings. The predicted molar refractivity (Wildman–Crippen MR) is 137 cm³/mol. The Morgan fingerprint density at radius 1 is 1.03 bits per heavy atom. The van der Waals surface area contributed by atoms with E-state index in [9.17, 15) is 13.2 Å². The Balaban J connectivity index is 1.48. The van der Waals surface area contributed by atoms with Crippen molar-refractivity contribution >= 4 is 21.9 Å². The second-order valence-electron chi connectivity index (χ2n) is 10.6. The summed E-state index contributed by atoms with van der Waals surface area (Å²) in [5.41, 5.74) is 8.10. The predicted octanol–water partition coefficient (Wildman–Crippen LogP) is 3.16. The third-order valence-corrected chi connectivity index (χ3v) is 8.92. The fraction of sp³-hybridized carbons (Fsp3) is 0.600. The Morgan fingerprint density at radius 2 is 1.60 bits per heavy atom. The molecule has 10 heteroatoms. The van der Waals surface area contributed by atoms with Crippen LogP contribution in [-0.4, -0.2) is 58.9 Å². The first-order chi connectivity index (χ1) is 16.6. The van der Waals surface area contributed by atoms with Crippen LogP contribution in [0, 0.1) is 5.41 Å². The topological polar surface area (TPSA) is 114 Å². The van der Waals surface area contributed by atoms with Crippen LogP contribution in [0.25, 0.3) is 0 Å². The lowest BCUT2D eigenvalue weighted by Gasteiger charge is -2.33. The van der Waals surface area contributed by atoms with E-state index in [-0.39, 0.29) is 11.8 Å². The maximum absolute atomic E-state index is 13.2. The molecule has 0 aliphatic carbocycles. The number of benzene rings is 1. The minimum Gasteiger partial charge on any atom is -0.366 e. The number of aromatic nitrogens is 2. The molecule has 3 heterocycles. The average Bonchev–Trinajstić information content (AvgIpc) is 3.53. The number of nitrogens with one attached hydrogen (secondary N) is 1. The molecule has 0 unspecified atom stereocenters. The van der Waals surface area contributed by atoms with E-state index in [0.717, 1.165) is 29.7 Å². The van der Waals surface area contributed by atoms with Crippen LogP contribution in [-0.2, 0) is 23.3 Å². The van der Waals surface area contributed by atoms with Crippen LogP contribution in [0.1, 0.15) is 74.0 Å². The van der Waals surface area contributed by atoms with Crippen LogP contribution in [0.2, 0.25) is 0 Å². The summed E-state index contributed by atoms with van der Waals surface area (Å²) in [6, 6.07) is 10.0. The van der Waals surface area contributed by atoms with Gasteiger partial charge in [0.25, 0.3) is 16.1 Å². The van der Waals surface area contributed by atoms with E-state index >= 15 is 0 Å². The largest absolute Gasteiger partial charge is 0.366 e. The average molecular weight is 503 g/mol. The zero-order valence-corrected chi connectivity index (χ0v) is 21.9. The summed E-state index contributed by atoms with van der Waals surface area (Å²) in [4.78, 5) is 13.2. The minimum atomic E-state index is -3.38. The van der Waals surface area contributed by atoms with Crippen LogP contribution in [0.15, 0.2) is 30.3 Å². The molecule has 0 radical (unpaired) electrons. The van der Waals surface area contributed by atoms with Gasteiger partial charge in [0.2, 0.25) is 0 Å². The SMILES string of the molecule is CC(C)(C)C(=O)n1nc(C2CCN(S(=O)(=O)N3CCCC3)CC2)cc1NCc1ccc(CN)cc1. The van der Waals surface area contributed by atoms with Crippen molar-refractivity contribution in [3.63, 3.8) is 0 Å². The van der Waals surface area contributed by atoms with Gasteiger partial charge < -0.3 is 11.1 Å². The lowest BCUT2D eigenvalue weighted by molar-refractivity contribution is 0.0751. The molecule has 1 aromatic heterocycles. The second-order valence-corrected chi connectivity index (χ2v) is 12.5. The van der Waals surface area contributed by atoms with Crippen molar-refractivity contribution in [3.8, 4) is 0 Å². The maximum Gasteiger partial charge on any atom is 0.281 e. The lowest BCUT2D eigenvalue weighted by atomic mass is 9.95. The van der Waals surface area contributed by atoms with Crippen molar-refractivity contribution in [2.24, 2.45) is 11.1 Å². The van der Waals surface area contributed by atoms with Crippen LogP contribution < -0.4 is 11.1 Å². The third kappa shape index (κ3) is 5.77. The van der Waals surface area contributed by atoms with Crippen molar-refractivity contribution < 1.29 is 13.2 Å². The molecule has 192 valence electrons. The Kier molecular flexibility index (Phi) is 7.65. The van der Waals surface area contributed by atoms with Gasteiger partial charge in [0.15, 0.2) is 0 Å². The number of carbonyl (C=O) groups is 1. The summed E-state index contributed by atoms with van der Waals surface area (Å²) in [7, 11) is -3.38. The first-order valence-electron chi connectivity index (χ1n) is 12.5. The van der Waals surface area contributed by atoms with Gasteiger partial charge in [-0.15, -0.1) is 0 Å². The van der Waals surface area contributed by atoms with Gasteiger partial charge in [0.05, 0.1) is 5.69 Å². The molecular formula is C25H38N6O3S. The summed E-state index contributed by atoms with van der Waals surface area (Å²) in [5.74, 6) is 0.687. The normalized spacial score (nSPS) is 18.7. The van der Waals surface area contributed by atoms with Crippen molar-refractivity contribution in [2.45, 2.75) is 65.5 Å². The first kappa shape index (κ1) is 25.8. The summed E-state index contributed by atoms with van der Waals surface area (Å²) in [6.07, 6.45) is 3.24. The molecule has 0 spiro atoms. The lowest BCUT2D eigenvalue weighted by Crippen LogP contribution is -2.45. The van der Waals surface area contributed by atoms with Gasteiger partial charge in [-0.3, -0.25) is 4.79 Å². The molecular weight excluding hydrogens is 464 g/mol. The number of nitrogens with zero attached hydrogens (tertiary/aromatic N) is 4. The first-order valence-corrected chi connectivity index (χ1v) is 13.9. The Morgan fingerprint density at radius 3 is 2.17 bits per heavy atom. The molecule has 35 heavy (non-hydrogen) atoms. The Hall–Kier alpha value is -2.27. The fourth-order valence-electron chi connectivity index (χ4n) is 4.65. The highest BCUT2D eigenvalue weighted by Crippen LogP contribution is 2.32. The van der Waals surface area contributed by atoms with Gasteiger partial charge in [0, 0.05) is 56.7 Å². The van der Waals surface area contributed by atoms with Gasteiger partial charge >= 0.3 is 0 Å². The van der Waals surface area contributed by atoms with E-state index in [1.807, 2.05) is 51.1 Å². The van der Waals surface area contributed by atoms with Gasteiger partial charge in [-0.25, -0.2) is 0 Å². The van der Waals surface area contributed by atoms with Crippen molar-refractivity contribution in [3.05, 3.63) is 47.2 Å². The van der Waals surface area contributed by atoms with Gasteiger partial charge in [-0.05, 0) is 36.8 Å². The number of hydrogen-bond donors (Lipinski definition) is 2. The molecule has 3 N–H and O–H groups in total. The van der Waals surface area contributed by atoms with Crippen LogP contribution in [0.5, 0.6) is 0 Å². The number of nitrogens with two attached hydrogens (primary N) is 1. The molecule has 2 aromatic rings. The van der Waals surface area contributed by atoms with E-state index in [2.05, 4.69) is 5.32 Å². The maximum atomic E-state index is 13.2. The van der Waals surface area contributed by atoms with E-state index in [1.165, 1.54) is 4.68 Å². The van der Waals surface area contributed by atoms with Crippen LogP contribution >= 0.6 is 0 Å². The Labute approximate surface area is 208 Å². The molecule has 9 nitrogen and oxygen atoms in total. The third-order valence-electron chi connectivity index (χ3n) is 6.88. The van der Waals surface area contributed by atoms with E-state index < -0.39 is 15.6 Å². The van der Waals surface area contributed by atoms with Crippen LogP contribution in [0.3, 0.4) is 0 Å². The molecule has 2 saturated heterocycles. The van der Waals surface area contributed by atoms with Gasteiger partial charge in [0.1, 0.15) is 5.82 Å². The zero-order valence-electron chi connectivity index (χ0n) is 21.0. The molecule has 4 rings (SSSR count). The highest BCUT2D eigenvalue weighted by Gasteiger charge is 2.36. The molecule has 2 aliphatic heterocycles. The number of carbonyl (C=O) groups excluding carboxylic acids is 1. The molecule has 2 fully saturated rings. The standard InChI is InChI=1S/C25H38N6O3S/c1-25(2,3)24(32)31-23(27-18-20-8-6-19(17-26)7-9-20)16-22(28-31)21-10-14-30(15-11-21)35(33,34)29-12-4-5-13-29/h6-9,16,21,27H,4-5,10-15,17-18,26H2,1-3H3. The highest BCUT2D eigenvalue weighted by molar-refractivity contribution is 7.86. The van der Waals surface area contributed by atoms with Gasteiger partial charge in [-0.2, -0.15) is 26.8 Å². The number of hydrogen-bond acceptors (Lipinski definition) is 6. The molecule has 0 saturated carbocycles. The van der Waals surface area contributed by atoms with Crippen molar-refractivity contribution in [1.29, 1.82) is 0 Å². The second kappa shape index (κ2) is 10.4. The quantitative estimate of drug-likeness (QED) is 0.601. The molecule has 1 aromatic carbocycles. The molecule has 0 amide bonds. The molecule has 0 atom stereocenters. The summed E-state index contributed by atoms with van der Waals surface area (Å²) in [5, 5.41) is 8.10. The van der Waals surface area contributed by atoms with Crippen molar-refractivity contribution in [2.75, 3.05) is 31.5 Å². The fourth-order valence-corrected chi connectivity index (χ4v) is 6.37. The highest BCUT2D eigenvalue weighted by atomic mass is 32.2. The van der Waals surface area contributed by atoms with Gasteiger partial charge in [-0.1, -0.05) is 45.0 Å². The number of piperidine rings is 1. The van der Waals surface area contributed by atoms with E-state index in [4.69, 9.17) is 10.8 Å². The number of anilines is 1. The summed E-state index contributed by atoms with van der Waals surface area (Å²) >= 11 is 0. The Bertz CT molecular complexity index is 1120. The molecule has 0 bridgehead atoms. The van der Waals surface area contributed by atoms with E-state index in [0.29, 0.717) is 57.9 Å². The minimum absolute atomic E-state index is 0.0845. The monoisotopic (exact) mass is 502 g/mol. The van der Waals surface area contributed by atoms with E-state index in [1.54, 1.807) is 8.61 Å². The van der Waals surface area contributed by atoms with Crippen molar-refractivity contribution in [1.82, 2.24) is 18.4 Å².